The molecule has 0 bridgehead atoms. The van der Waals surface area contributed by atoms with Crippen LogP contribution in [-0.2, 0) is 14.3 Å². The van der Waals surface area contributed by atoms with Crippen LogP contribution in [-0.4, -0.2) is 32.4 Å². The SMILES string of the molecule is CCOC(Cl)=CC(=C=O)OCCCCOc1c(Cl)cc(OCC=C(Cl)Cl)cc1Cl. The van der Waals surface area contributed by atoms with Gasteiger partial charge in [-0.3, -0.25) is 0 Å². The normalized spacial score (nSPS) is 10.8. The van der Waals surface area contributed by atoms with Gasteiger partial charge in [0, 0.05) is 18.2 Å². The molecule has 160 valence electrons. The lowest BCUT2D eigenvalue weighted by atomic mass is 10.3. The predicted octanol–water partition coefficient (Wildman–Crippen LogP) is 6.70. The summed E-state index contributed by atoms with van der Waals surface area (Å²) in [7, 11) is 0. The van der Waals surface area contributed by atoms with Gasteiger partial charge >= 0.3 is 0 Å². The molecule has 0 atom stereocenters. The molecule has 0 N–H and O–H groups in total. The van der Waals surface area contributed by atoms with Crippen LogP contribution in [0.25, 0.3) is 0 Å². The second-order valence-corrected chi connectivity index (χ2v) is 7.47. The number of rotatable bonds is 13. The number of allylic oxidation sites excluding steroid dienone is 1. The summed E-state index contributed by atoms with van der Waals surface area (Å²) in [6.07, 6.45) is 4.02. The Morgan fingerprint density at radius 2 is 1.69 bits per heavy atom. The van der Waals surface area contributed by atoms with Crippen molar-refractivity contribution in [3.8, 4) is 11.5 Å². The monoisotopic (exact) mass is 502 g/mol. The van der Waals surface area contributed by atoms with Crippen molar-refractivity contribution in [3.63, 3.8) is 0 Å². The lowest BCUT2D eigenvalue weighted by Gasteiger charge is -2.12. The fourth-order valence-electron chi connectivity index (χ4n) is 1.90. The van der Waals surface area contributed by atoms with Gasteiger partial charge in [0.15, 0.2) is 16.9 Å². The molecule has 0 saturated carbocycles. The Hall–Kier alpha value is -1.20. The molecular weight excluding hydrogens is 485 g/mol. The van der Waals surface area contributed by atoms with E-state index < -0.39 is 0 Å². The van der Waals surface area contributed by atoms with Gasteiger partial charge < -0.3 is 18.9 Å². The molecule has 0 fully saturated rings. The highest BCUT2D eigenvalue weighted by molar-refractivity contribution is 6.55. The molecule has 10 heteroatoms. The van der Waals surface area contributed by atoms with E-state index in [9.17, 15) is 4.79 Å². The fourth-order valence-corrected chi connectivity index (χ4v) is 2.81. The third kappa shape index (κ3) is 10.9. The van der Waals surface area contributed by atoms with E-state index in [4.69, 9.17) is 77.0 Å². The fraction of sp³-hybridized carbons (Fsp3) is 0.368. The van der Waals surface area contributed by atoms with E-state index in [1.807, 2.05) is 0 Å². The molecule has 0 spiro atoms. The molecule has 1 aromatic carbocycles. The summed E-state index contributed by atoms with van der Waals surface area (Å²) in [5, 5.41) is 0.686. The second kappa shape index (κ2) is 14.7. The van der Waals surface area contributed by atoms with Gasteiger partial charge in [0.2, 0.25) is 5.76 Å². The zero-order valence-electron chi connectivity index (χ0n) is 15.5. The smallest absolute Gasteiger partial charge is 0.208 e. The maximum Gasteiger partial charge on any atom is 0.208 e. The first-order chi connectivity index (χ1) is 13.9. The third-order valence-corrected chi connectivity index (χ3v) is 4.22. The molecule has 0 unspecified atom stereocenters. The van der Waals surface area contributed by atoms with E-state index in [1.54, 1.807) is 25.0 Å². The van der Waals surface area contributed by atoms with E-state index in [1.165, 1.54) is 12.2 Å². The van der Waals surface area contributed by atoms with E-state index >= 15 is 0 Å². The average molecular weight is 505 g/mol. The van der Waals surface area contributed by atoms with Crippen molar-refractivity contribution >= 4 is 63.9 Å². The number of halogens is 5. The number of hydrogen-bond acceptors (Lipinski definition) is 5. The van der Waals surface area contributed by atoms with Gasteiger partial charge in [-0.15, -0.1) is 0 Å². The van der Waals surface area contributed by atoms with Crippen molar-refractivity contribution in [1.82, 2.24) is 0 Å². The van der Waals surface area contributed by atoms with Gasteiger partial charge in [0.1, 0.15) is 16.8 Å². The van der Waals surface area contributed by atoms with Gasteiger partial charge in [-0.05, 0) is 37.4 Å². The molecule has 5 nitrogen and oxygen atoms in total. The van der Waals surface area contributed by atoms with Crippen molar-refractivity contribution in [2.45, 2.75) is 19.8 Å². The Kier molecular flexibility index (Phi) is 13.1. The number of ether oxygens (including phenoxy) is 4. The van der Waals surface area contributed by atoms with Crippen LogP contribution in [0.5, 0.6) is 11.5 Å². The molecule has 29 heavy (non-hydrogen) atoms. The van der Waals surface area contributed by atoms with Gasteiger partial charge in [-0.1, -0.05) is 46.4 Å². The maximum absolute atomic E-state index is 10.8. The molecule has 0 aliphatic rings. The molecule has 0 aliphatic carbocycles. The first kappa shape index (κ1) is 25.8. The van der Waals surface area contributed by atoms with Crippen molar-refractivity contribution in [2.75, 3.05) is 26.4 Å². The summed E-state index contributed by atoms with van der Waals surface area (Å²) < 4.78 is 21.5. The van der Waals surface area contributed by atoms with Gasteiger partial charge in [0.25, 0.3) is 0 Å². The minimum atomic E-state index is -0.0312. The van der Waals surface area contributed by atoms with E-state index in [0.29, 0.717) is 47.6 Å². The standard InChI is InChI=1S/C19H19Cl5O5/c1-2-26-18(24)11-14(12-25)27-6-3-4-7-29-19-15(20)9-13(10-16(19)21)28-8-5-17(22)23/h5,9-11H,2-4,6-8H2,1H3. The Morgan fingerprint density at radius 1 is 1.03 bits per heavy atom. The van der Waals surface area contributed by atoms with Gasteiger partial charge in [-0.2, -0.15) is 0 Å². The molecule has 0 aromatic heterocycles. The summed E-state index contributed by atoms with van der Waals surface area (Å²) in [6, 6.07) is 3.16. The minimum Gasteiger partial charge on any atom is -0.490 e. The lowest BCUT2D eigenvalue weighted by Crippen LogP contribution is -2.02. The molecule has 1 aromatic rings. The van der Waals surface area contributed by atoms with E-state index in [-0.39, 0.29) is 28.7 Å². The summed E-state index contributed by atoms with van der Waals surface area (Å²) in [4.78, 5) is 10.8. The third-order valence-electron chi connectivity index (χ3n) is 3.13. The van der Waals surface area contributed by atoms with Crippen LogP contribution in [0.1, 0.15) is 19.8 Å². The zero-order valence-corrected chi connectivity index (χ0v) is 19.3. The lowest BCUT2D eigenvalue weighted by molar-refractivity contribution is 0.203. The Morgan fingerprint density at radius 3 is 2.28 bits per heavy atom. The highest BCUT2D eigenvalue weighted by Gasteiger charge is 2.10. The maximum atomic E-state index is 10.8. The van der Waals surface area contributed by atoms with Gasteiger partial charge in [-0.25, -0.2) is 4.79 Å². The van der Waals surface area contributed by atoms with Crippen LogP contribution in [0.4, 0.5) is 0 Å². The number of carbonyl (C=O) groups excluding carboxylic acids is 1. The summed E-state index contributed by atoms with van der Waals surface area (Å²) in [6.45, 7) is 2.97. The second-order valence-electron chi connectivity index (χ2n) is 5.27. The molecular formula is C19H19Cl5O5. The molecule has 0 amide bonds. The number of benzene rings is 1. The van der Waals surface area contributed by atoms with Crippen molar-refractivity contribution < 1.29 is 23.7 Å². The predicted molar refractivity (Wildman–Crippen MR) is 117 cm³/mol. The van der Waals surface area contributed by atoms with Crippen LogP contribution in [0.3, 0.4) is 0 Å². The largest absolute Gasteiger partial charge is 0.490 e. The molecule has 1 rings (SSSR count). The van der Waals surface area contributed by atoms with Crippen LogP contribution >= 0.6 is 58.0 Å². The average Bonchev–Trinajstić information content (AvgIpc) is 2.65. The highest BCUT2D eigenvalue weighted by Crippen LogP contribution is 2.37. The van der Waals surface area contributed by atoms with Crippen LogP contribution in [0.2, 0.25) is 10.0 Å². The molecule has 0 radical (unpaired) electrons. The molecule has 0 saturated heterocycles. The number of unbranched alkanes of at least 4 members (excludes halogenated alkanes) is 1. The minimum absolute atomic E-state index is 0.0312. The molecule has 0 aliphatic heterocycles. The van der Waals surface area contributed by atoms with Gasteiger partial charge in [0.05, 0.1) is 29.9 Å². The van der Waals surface area contributed by atoms with E-state index in [0.717, 1.165) is 0 Å². The first-order valence-electron chi connectivity index (χ1n) is 8.51. The molecule has 0 heterocycles. The van der Waals surface area contributed by atoms with Crippen LogP contribution in [0, 0.1) is 0 Å². The highest BCUT2D eigenvalue weighted by atomic mass is 35.5. The van der Waals surface area contributed by atoms with Crippen molar-refractivity contribution in [2.24, 2.45) is 0 Å². The Bertz CT molecular complexity index is 745. The Labute approximate surface area is 194 Å². The Balaban J connectivity index is 2.42. The quantitative estimate of drug-likeness (QED) is 0.130. The summed E-state index contributed by atoms with van der Waals surface area (Å²) in [5.41, 5.74) is 0. The number of hydrogen-bond donors (Lipinski definition) is 0. The van der Waals surface area contributed by atoms with Crippen LogP contribution in [0.15, 0.2) is 39.8 Å². The zero-order chi connectivity index (χ0) is 21.6. The topological polar surface area (TPSA) is 54.0 Å². The van der Waals surface area contributed by atoms with Crippen molar-refractivity contribution in [3.05, 3.63) is 49.8 Å². The van der Waals surface area contributed by atoms with Crippen molar-refractivity contribution in [1.29, 1.82) is 0 Å². The first-order valence-corrected chi connectivity index (χ1v) is 10.4. The van der Waals surface area contributed by atoms with Crippen LogP contribution < -0.4 is 9.47 Å². The summed E-state index contributed by atoms with van der Waals surface area (Å²) >= 11 is 29.2. The summed E-state index contributed by atoms with van der Waals surface area (Å²) in [5.74, 6) is 2.44. The van der Waals surface area contributed by atoms with E-state index in [2.05, 4.69) is 0 Å².